The van der Waals surface area contributed by atoms with Crippen LogP contribution in [0.15, 0.2) is 48.5 Å². The molecule has 1 heterocycles. The first-order valence-corrected chi connectivity index (χ1v) is 8.39. The number of likely N-dealkylation sites (tertiary alicyclic amines) is 1. The van der Waals surface area contributed by atoms with Crippen molar-refractivity contribution in [1.82, 2.24) is 10.2 Å². The van der Waals surface area contributed by atoms with E-state index in [0.717, 1.165) is 5.56 Å². The Labute approximate surface area is 150 Å². The third kappa shape index (κ3) is 3.71. The maximum Gasteiger partial charge on any atom is 0.253 e. The molecule has 2 aromatic carbocycles. The van der Waals surface area contributed by atoms with Gasteiger partial charge in [0.25, 0.3) is 5.91 Å². The minimum atomic E-state index is -0.531. The second kappa shape index (κ2) is 7.24. The number of benzene rings is 2. The van der Waals surface area contributed by atoms with Gasteiger partial charge in [-0.2, -0.15) is 0 Å². The van der Waals surface area contributed by atoms with Gasteiger partial charge < -0.3 is 10.2 Å². The van der Waals surface area contributed by atoms with E-state index in [1.807, 2.05) is 30.3 Å². The Balaban J connectivity index is 1.65. The van der Waals surface area contributed by atoms with Crippen LogP contribution >= 0.6 is 23.2 Å². The van der Waals surface area contributed by atoms with E-state index in [-0.39, 0.29) is 17.4 Å². The Morgan fingerprint density at radius 2 is 1.92 bits per heavy atom. The molecule has 2 aromatic rings. The highest BCUT2D eigenvalue weighted by Crippen LogP contribution is 2.22. The first-order chi connectivity index (χ1) is 11.5. The maximum atomic E-state index is 12.5. The molecule has 6 heteroatoms. The van der Waals surface area contributed by atoms with Gasteiger partial charge in [-0.3, -0.25) is 9.59 Å². The minimum Gasteiger partial charge on any atom is -0.340 e. The van der Waals surface area contributed by atoms with Gasteiger partial charge >= 0.3 is 0 Å². The second-order valence-corrected chi connectivity index (χ2v) is 6.53. The minimum absolute atomic E-state index is 0.0784. The van der Waals surface area contributed by atoms with E-state index in [1.54, 1.807) is 17.0 Å². The molecule has 0 saturated carbocycles. The van der Waals surface area contributed by atoms with Crippen molar-refractivity contribution >= 4 is 35.0 Å². The molecule has 0 aromatic heterocycles. The molecule has 0 radical (unpaired) electrons. The molecule has 0 spiro atoms. The molecule has 1 fully saturated rings. The van der Waals surface area contributed by atoms with Gasteiger partial charge in [-0.1, -0.05) is 53.5 Å². The maximum absolute atomic E-state index is 12.5. The third-order valence-electron chi connectivity index (χ3n) is 3.99. The van der Waals surface area contributed by atoms with Crippen molar-refractivity contribution < 1.29 is 9.59 Å². The summed E-state index contributed by atoms with van der Waals surface area (Å²) in [5, 5.41) is 3.49. The molecule has 1 N–H and O–H groups in total. The fraction of sp³-hybridized carbons (Fsp3) is 0.222. The van der Waals surface area contributed by atoms with Crippen molar-refractivity contribution in [3.8, 4) is 0 Å². The molecular formula is C18H16Cl2N2O2. The van der Waals surface area contributed by atoms with Gasteiger partial charge in [0.1, 0.15) is 6.04 Å². The average molecular weight is 363 g/mol. The molecule has 1 aliphatic heterocycles. The standard InChI is InChI=1S/C18H16Cl2N2O2/c19-13-6-7-15(20)14(10-13)17(23)21-16-8-9-22(18(16)24)11-12-4-2-1-3-5-12/h1-7,10,16H,8-9,11H2,(H,21,23)/t16-/m1/s1. The predicted molar refractivity (Wildman–Crippen MR) is 94.2 cm³/mol. The molecule has 0 aliphatic carbocycles. The third-order valence-corrected chi connectivity index (χ3v) is 4.56. The van der Waals surface area contributed by atoms with Gasteiger partial charge in [-0.05, 0) is 30.2 Å². The molecule has 2 amide bonds. The second-order valence-electron chi connectivity index (χ2n) is 5.68. The predicted octanol–water partition coefficient (Wildman–Crippen LogP) is 3.52. The lowest BCUT2D eigenvalue weighted by Gasteiger charge is -2.17. The summed E-state index contributed by atoms with van der Waals surface area (Å²) in [5.41, 5.74) is 1.34. The normalized spacial score (nSPS) is 17.2. The van der Waals surface area contributed by atoms with Gasteiger partial charge in [-0.25, -0.2) is 0 Å². The summed E-state index contributed by atoms with van der Waals surface area (Å²) in [4.78, 5) is 26.6. The summed E-state index contributed by atoms with van der Waals surface area (Å²) in [5.74, 6) is -0.465. The number of nitrogens with one attached hydrogen (secondary N) is 1. The van der Waals surface area contributed by atoms with E-state index >= 15 is 0 Å². The molecular weight excluding hydrogens is 347 g/mol. The zero-order valence-electron chi connectivity index (χ0n) is 12.8. The molecule has 124 valence electrons. The number of hydrogen-bond acceptors (Lipinski definition) is 2. The summed E-state index contributed by atoms with van der Waals surface area (Å²) in [6, 6.07) is 13.9. The Hall–Kier alpha value is -2.04. The first kappa shape index (κ1) is 16.8. The lowest BCUT2D eigenvalue weighted by Crippen LogP contribution is -2.41. The van der Waals surface area contributed by atoms with E-state index < -0.39 is 6.04 Å². The van der Waals surface area contributed by atoms with Crippen LogP contribution in [0, 0.1) is 0 Å². The van der Waals surface area contributed by atoms with Gasteiger partial charge in [0, 0.05) is 18.1 Å². The average Bonchev–Trinajstić information content (AvgIpc) is 2.91. The molecule has 4 nitrogen and oxygen atoms in total. The van der Waals surface area contributed by atoms with Crippen molar-refractivity contribution in [1.29, 1.82) is 0 Å². The highest BCUT2D eigenvalue weighted by Gasteiger charge is 2.33. The molecule has 3 rings (SSSR count). The van der Waals surface area contributed by atoms with Crippen LogP contribution in [0.3, 0.4) is 0 Å². The number of carbonyl (C=O) groups is 2. The van der Waals surface area contributed by atoms with Crippen molar-refractivity contribution in [2.24, 2.45) is 0 Å². The summed E-state index contributed by atoms with van der Waals surface area (Å²) >= 11 is 11.9. The smallest absolute Gasteiger partial charge is 0.253 e. The van der Waals surface area contributed by atoms with Crippen LogP contribution in [0.1, 0.15) is 22.3 Å². The van der Waals surface area contributed by atoms with Crippen molar-refractivity contribution in [3.05, 3.63) is 69.7 Å². The highest BCUT2D eigenvalue weighted by atomic mass is 35.5. The van der Waals surface area contributed by atoms with Crippen molar-refractivity contribution in [2.75, 3.05) is 6.54 Å². The van der Waals surface area contributed by atoms with Crippen molar-refractivity contribution in [3.63, 3.8) is 0 Å². The summed E-state index contributed by atoms with van der Waals surface area (Å²) in [6.07, 6.45) is 0.579. The fourth-order valence-electron chi connectivity index (χ4n) is 2.74. The number of rotatable bonds is 4. The van der Waals surface area contributed by atoms with E-state index in [1.165, 1.54) is 6.07 Å². The quantitative estimate of drug-likeness (QED) is 0.904. The van der Waals surface area contributed by atoms with Crippen LogP contribution in [0.25, 0.3) is 0 Å². The van der Waals surface area contributed by atoms with Crippen molar-refractivity contribution in [2.45, 2.75) is 19.0 Å². The Kier molecular flexibility index (Phi) is 5.07. The number of carbonyl (C=O) groups excluding carboxylic acids is 2. The van der Waals surface area contributed by atoms with Crippen LogP contribution < -0.4 is 5.32 Å². The lowest BCUT2D eigenvalue weighted by molar-refractivity contribution is -0.129. The monoisotopic (exact) mass is 362 g/mol. The molecule has 0 unspecified atom stereocenters. The Morgan fingerprint density at radius 3 is 2.67 bits per heavy atom. The number of amides is 2. The van der Waals surface area contributed by atoms with Crippen LogP contribution in [-0.2, 0) is 11.3 Å². The highest BCUT2D eigenvalue weighted by molar-refractivity contribution is 6.35. The van der Waals surface area contributed by atoms with Gasteiger partial charge in [0.15, 0.2) is 0 Å². The zero-order chi connectivity index (χ0) is 17.1. The van der Waals surface area contributed by atoms with E-state index in [4.69, 9.17) is 23.2 Å². The SMILES string of the molecule is O=C(N[C@@H]1CCN(Cc2ccccc2)C1=O)c1cc(Cl)ccc1Cl. The van der Waals surface area contributed by atoms with Crippen LogP contribution in [-0.4, -0.2) is 29.3 Å². The van der Waals surface area contributed by atoms with E-state index in [2.05, 4.69) is 5.32 Å². The largest absolute Gasteiger partial charge is 0.340 e. The molecule has 0 bridgehead atoms. The summed E-state index contributed by atoms with van der Waals surface area (Å²) in [7, 11) is 0. The molecule has 1 atom stereocenters. The Bertz CT molecular complexity index is 765. The molecule has 1 saturated heterocycles. The first-order valence-electron chi connectivity index (χ1n) is 7.63. The lowest BCUT2D eigenvalue weighted by atomic mass is 10.2. The number of hydrogen-bond donors (Lipinski definition) is 1. The van der Waals surface area contributed by atoms with Gasteiger partial charge in [-0.15, -0.1) is 0 Å². The topological polar surface area (TPSA) is 49.4 Å². The van der Waals surface area contributed by atoms with Crippen LogP contribution in [0.4, 0.5) is 0 Å². The van der Waals surface area contributed by atoms with E-state index in [9.17, 15) is 9.59 Å². The van der Waals surface area contributed by atoms with E-state index in [0.29, 0.717) is 29.6 Å². The number of halogens is 2. The van der Waals surface area contributed by atoms with Gasteiger partial charge in [0.2, 0.25) is 5.91 Å². The fourth-order valence-corrected chi connectivity index (χ4v) is 3.12. The summed E-state index contributed by atoms with van der Waals surface area (Å²) in [6.45, 7) is 1.16. The molecule has 1 aliphatic rings. The van der Waals surface area contributed by atoms with Crippen LogP contribution in [0.2, 0.25) is 10.0 Å². The van der Waals surface area contributed by atoms with Gasteiger partial charge in [0.05, 0.1) is 10.6 Å². The zero-order valence-corrected chi connectivity index (χ0v) is 14.3. The Morgan fingerprint density at radius 1 is 1.17 bits per heavy atom. The summed E-state index contributed by atoms with van der Waals surface area (Å²) < 4.78 is 0. The molecule has 24 heavy (non-hydrogen) atoms. The van der Waals surface area contributed by atoms with Crippen LogP contribution in [0.5, 0.6) is 0 Å². The number of nitrogens with zero attached hydrogens (tertiary/aromatic N) is 1.